The number of nitrogens with one attached hydrogen (secondary N) is 2. The number of benzene rings is 1. The zero-order valence-corrected chi connectivity index (χ0v) is 13.5. The third-order valence-corrected chi connectivity index (χ3v) is 4.18. The first-order valence-electron chi connectivity index (χ1n) is 7.00. The molecular formula is C16H21N3OS. The minimum absolute atomic E-state index is 0.120. The minimum Gasteiger partial charge on any atom is -0.388 e. The van der Waals surface area contributed by atoms with Gasteiger partial charge in [-0.1, -0.05) is 25.1 Å². The number of hydrogen-bond acceptors (Lipinski definition) is 4. The summed E-state index contributed by atoms with van der Waals surface area (Å²) in [7, 11) is 1.85. The largest absolute Gasteiger partial charge is 0.388 e. The van der Waals surface area contributed by atoms with Gasteiger partial charge in [0.25, 0.3) is 5.91 Å². The lowest BCUT2D eigenvalue weighted by atomic mass is 10.1. The van der Waals surface area contributed by atoms with Crippen LogP contribution >= 0.6 is 11.8 Å². The molecule has 0 spiro atoms. The Balaban J connectivity index is 2.19. The fraction of sp³-hybridized carbons (Fsp3) is 0.375. The van der Waals surface area contributed by atoms with Crippen molar-refractivity contribution in [1.29, 1.82) is 0 Å². The van der Waals surface area contributed by atoms with Gasteiger partial charge >= 0.3 is 0 Å². The van der Waals surface area contributed by atoms with E-state index in [4.69, 9.17) is 0 Å². The molecule has 2 aromatic rings. The molecule has 4 nitrogen and oxygen atoms in total. The zero-order valence-electron chi connectivity index (χ0n) is 12.6. The first kappa shape index (κ1) is 15.6. The highest BCUT2D eigenvalue weighted by molar-refractivity contribution is 7.98. The van der Waals surface area contributed by atoms with Crippen LogP contribution in [0, 0.1) is 5.92 Å². The van der Waals surface area contributed by atoms with Gasteiger partial charge in [0.05, 0.1) is 5.52 Å². The standard InChI is InChI=1S/C16H21N3OS/c1-11(10-21-3)9-18-16(20)15-8-14(17-2)12-6-4-5-7-13(12)19-15/h4-8,11H,9-10H2,1-3H3,(H,17,19)(H,18,20). The monoisotopic (exact) mass is 303 g/mol. The number of carbonyl (C=O) groups is 1. The highest BCUT2D eigenvalue weighted by Gasteiger charge is 2.12. The molecule has 0 saturated carbocycles. The van der Waals surface area contributed by atoms with Gasteiger partial charge in [0, 0.05) is 24.7 Å². The van der Waals surface area contributed by atoms with Gasteiger partial charge in [-0.05, 0) is 30.1 Å². The number of thioether (sulfide) groups is 1. The van der Waals surface area contributed by atoms with Crippen molar-refractivity contribution in [2.45, 2.75) is 6.92 Å². The van der Waals surface area contributed by atoms with E-state index in [9.17, 15) is 4.79 Å². The highest BCUT2D eigenvalue weighted by Crippen LogP contribution is 2.22. The Morgan fingerprint density at radius 2 is 2.14 bits per heavy atom. The Hall–Kier alpha value is -1.75. The number of aromatic nitrogens is 1. The van der Waals surface area contributed by atoms with Gasteiger partial charge in [-0.15, -0.1) is 0 Å². The smallest absolute Gasteiger partial charge is 0.269 e. The van der Waals surface area contributed by atoms with Gasteiger partial charge in [0.15, 0.2) is 0 Å². The summed E-state index contributed by atoms with van der Waals surface area (Å²) >= 11 is 1.79. The van der Waals surface area contributed by atoms with Crippen LogP contribution < -0.4 is 10.6 Å². The van der Waals surface area contributed by atoms with E-state index in [1.165, 1.54) is 0 Å². The molecule has 1 aromatic heterocycles. The second-order valence-electron chi connectivity index (χ2n) is 5.09. The molecule has 0 bridgehead atoms. The molecule has 1 aromatic carbocycles. The van der Waals surface area contributed by atoms with Crippen molar-refractivity contribution in [2.24, 2.45) is 5.92 Å². The van der Waals surface area contributed by atoms with E-state index < -0.39 is 0 Å². The Morgan fingerprint density at radius 1 is 1.38 bits per heavy atom. The third kappa shape index (κ3) is 3.88. The minimum atomic E-state index is -0.120. The van der Waals surface area contributed by atoms with E-state index in [1.54, 1.807) is 17.8 Å². The molecule has 112 valence electrons. The quantitative estimate of drug-likeness (QED) is 0.861. The average molecular weight is 303 g/mol. The predicted molar refractivity (Wildman–Crippen MR) is 91.2 cm³/mol. The van der Waals surface area contributed by atoms with Crippen LogP contribution in [0.25, 0.3) is 10.9 Å². The normalized spacial score (nSPS) is 12.1. The molecule has 0 radical (unpaired) electrons. The van der Waals surface area contributed by atoms with E-state index >= 15 is 0 Å². The van der Waals surface area contributed by atoms with Crippen molar-refractivity contribution in [1.82, 2.24) is 10.3 Å². The molecule has 2 N–H and O–H groups in total. The summed E-state index contributed by atoms with van der Waals surface area (Å²) < 4.78 is 0. The van der Waals surface area contributed by atoms with Crippen LogP contribution in [0.5, 0.6) is 0 Å². The van der Waals surface area contributed by atoms with Gasteiger partial charge in [0.1, 0.15) is 5.69 Å². The third-order valence-electron chi connectivity index (χ3n) is 3.28. The van der Waals surface area contributed by atoms with Crippen LogP contribution in [0.1, 0.15) is 17.4 Å². The van der Waals surface area contributed by atoms with Crippen molar-refractivity contribution in [3.63, 3.8) is 0 Å². The highest BCUT2D eigenvalue weighted by atomic mass is 32.2. The van der Waals surface area contributed by atoms with Gasteiger partial charge < -0.3 is 10.6 Å². The molecule has 0 aliphatic heterocycles. The SMILES string of the molecule is CNc1cc(C(=O)NCC(C)CSC)nc2ccccc12. The number of para-hydroxylation sites is 1. The zero-order chi connectivity index (χ0) is 15.2. The summed E-state index contributed by atoms with van der Waals surface area (Å²) in [6, 6.07) is 9.61. The van der Waals surface area contributed by atoms with Gasteiger partial charge in [-0.2, -0.15) is 11.8 Å². The Morgan fingerprint density at radius 3 is 2.86 bits per heavy atom. The molecule has 0 aliphatic rings. The summed E-state index contributed by atoms with van der Waals surface area (Å²) in [6.45, 7) is 2.80. The van der Waals surface area contributed by atoms with Crippen LogP contribution in [0.15, 0.2) is 30.3 Å². The van der Waals surface area contributed by atoms with Crippen LogP contribution in [-0.2, 0) is 0 Å². The van der Waals surface area contributed by atoms with Crippen molar-refractivity contribution in [3.05, 3.63) is 36.0 Å². The number of nitrogens with zero attached hydrogens (tertiary/aromatic N) is 1. The van der Waals surface area contributed by atoms with Crippen molar-refractivity contribution in [3.8, 4) is 0 Å². The molecule has 2 rings (SSSR count). The average Bonchev–Trinajstić information content (AvgIpc) is 2.51. The second kappa shape index (κ2) is 7.31. The second-order valence-corrected chi connectivity index (χ2v) is 6.00. The lowest BCUT2D eigenvalue weighted by Crippen LogP contribution is -2.29. The topological polar surface area (TPSA) is 54.0 Å². The number of rotatable bonds is 6. The molecule has 0 aliphatic carbocycles. The molecule has 0 fully saturated rings. The predicted octanol–water partition coefficient (Wildman–Crippen LogP) is 3.01. The molecule has 0 saturated heterocycles. The molecular weight excluding hydrogens is 282 g/mol. The molecule has 1 unspecified atom stereocenters. The number of anilines is 1. The van der Waals surface area contributed by atoms with E-state index in [-0.39, 0.29) is 5.91 Å². The first-order valence-corrected chi connectivity index (χ1v) is 8.39. The number of pyridine rings is 1. The summed E-state index contributed by atoms with van der Waals surface area (Å²) in [6.07, 6.45) is 2.07. The Kier molecular flexibility index (Phi) is 5.44. The summed E-state index contributed by atoms with van der Waals surface area (Å²) in [5, 5.41) is 7.10. The molecule has 21 heavy (non-hydrogen) atoms. The lowest BCUT2D eigenvalue weighted by Gasteiger charge is -2.12. The maximum Gasteiger partial charge on any atom is 0.269 e. The summed E-state index contributed by atoms with van der Waals surface area (Å²) in [5.41, 5.74) is 2.20. The Bertz CT molecular complexity index is 630. The van der Waals surface area contributed by atoms with E-state index in [1.807, 2.05) is 31.3 Å². The first-order chi connectivity index (χ1) is 10.2. The molecule has 5 heteroatoms. The maximum absolute atomic E-state index is 12.3. The number of hydrogen-bond donors (Lipinski definition) is 2. The fourth-order valence-corrected chi connectivity index (χ4v) is 2.89. The van der Waals surface area contributed by atoms with Crippen LogP contribution in [0.2, 0.25) is 0 Å². The Labute approximate surface area is 129 Å². The number of amides is 1. The van der Waals surface area contributed by atoms with Crippen LogP contribution in [-0.4, -0.2) is 36.5 Å². The van der Waals surface area contributed by atoms with E-state index in [0.29, 0.717) is 18.2 Å². The van der Waals surface area contributed by atoms with Gasteiger partial charge in [-0.25, -0.2) is 4.98 Å². The van der Waals surface area contributed by atoms with Crippen LogP contribution in [0.4, 0.5) is 5.69 Å². The van der Waals surface area contributed by atoms with Gasteiger partial charge in [0.2, 0.25) is 0 Å². The number of fused-ring (bicyclic) bond motifs is 1. The van der Waals surface area contributed by atoms with E-state index in [0.717, 1.165) is 22.3 Å². The van der Waals surface area contributed by atoms with Crippen molar-refractivity contribution >= 4 is 34.3 Å². The maximum atomic E-state index is 12.3. The molecule has 1 amide bonds. The summed E-state index contributed by atoms with van der Waals surface area (Å²) in [5.74, 6) is 1.37. The summed E-state index contributed by atoms with van der Waals surface area (Å²) in [4.78, 5) is 16.7. The molecule has 1 heterocycles. The fourth-order valence-electron chi connectivity index (χ4n) is 2.20. The molecule has 1 atom stereocenters. The van der Waals surface area contributed by atoms with Crippen molar-refractivity contribution in [2.75, 3.05) is 30.9 Å². The lowest BCUT2D eigenvalue weighted by molar-refractivity contribution is 0.0944. The van der Waals surface area contributed by atoms with Crippen LogP contribution in [0.3, 0.4) is 0 Å². The number of carbonyl (C=O) groups excluding carboxylic acids is 1. The van der Waals surface area contributed by atoms with Gasteiger partial charge in [-0.3, -0.25) is 4.79 Å². The van der Waals surface area contributed by atoms with E-state index in [2.05, 4.69) is 28.8 Å². The van der Waals surface area contributed by atoms with Crippen molar-refractivity contribution < 1.29 is 4.79 Å².